The van der Waals surface area contributed by atoms with Gasteiger partial charge in [-0.15, -0.1) is 5.10 Å². The quantitative estimate of drug-likeness (QED) is 0.234. The fourth-order valence-electron chi connectivity index (χ4n) is 4.33. The third-order valence-electron chi connectivity index (χ3n) is 6.28. The summed E-state index contributed by atoms with van der Waals surface area (Å²) in [5, 5.41) is 9.33. The average molecular weight is 544 g/mol. The maximum atomic E-state index is 13.3. The first kappa shape index (κ1) is 25.2. The Balaban J connectivity index is 1.41. The molecular weight excluding hydrogens is 518 g/mol. The van der Waals surface area contributed by atoms with Crippen LogP contribution in [0.1, 0.15) is 22.5 Å². The van der Waals surface area contributed by atoms with Crippen LogP contribution < -0.4 is 14.8 Å². The zero-order valence-corrected chi connectivity index (χ0v) is 22.6. The number of para-hydroxylation sites is 1. The van der Waals surface area contributed by atoms with E-state index in [-0.39, 0.29) is 5.56 Å². The molecule has 0 N–H and O–H groups in total. The van der Waals surface area contributed by atoms with Gasteiger partial charge in [0.1, 0.15) is 18.1 Å². The van der Waals surface area contributed by atoms with Gasteiger partial charge in [0.25, 0.3) is 5.56 Å². The van der Waals surface area contributed by atoms with Gasteiger partial charge >= 0.3 is 0 Å². The molecule has 0 aliphatic heterocycles. The molecule has 0 radical (unpaired) electrons. The van der Waals surface area contributed by atoms with E-state index in [2.05, 4.69) is 16.7 Å². The van der Waals surface area contributed by atoms with E-state index >= 15 is 0 Å². The van der Waals surface area contributed by atoms with Crippen molar-refractivity contribution in [3.63, 3.8) is 0 Å². The summed E-state index contributed by atoms with van der Waals surface area (Å²) in [6, 6.07) is 25.7. The molecule has 6 rings (SSSR count). The van der Waals surface area contributed by atoms with E-state index in [4.69, 9.17) is 9.84 Å². The van der Waals surface area contributed by atoms with Gasteiger partial charge in [-0.25, -0.2) is 4.68 Å². The summed E-state index contributed by atoms with van der Waals surface area (Å²) in [5.41, 5.74) is 5.22. The summed E-state index contributed by atoms with van der Waals surface area (Å²) in [4.78, 5) is 18.4. The van der Waals surface area contributed by atoms with E-state index in [0.717, 1.165) is 39.4 Å². The lowest BCUT2D eigenvalue weighted by Crippen LogP contribution is -2.23. The van der Waals surface area contributed by atoms with E-state index in [1.807, 2.05) is 115 Å². The number of ether oxygens (including phenoxy) is 1. The minimum absolute atomic E-state index is 0.213. The minimum atomic E-state index is -0.213. The average Bonchev–Trinajstić information content (AvgIpc) is 3.67. The molecule has 0 fully saturated rings. The normalized spacial score (nSPS) is 12.0. The molecule has 7 nitrogen and oxygen atoms in total. The van der Waals surface area contributed by atoms with E-state index in [1.54, 1.807) is 6.08 Å². The lowest BCUT2D eigenvalue weighted by Gasteiger charge is -2.08. The van der Waals surface area contributed by atoms with E-state index < -0.39 is 0 Å². The Morgan fingerprint density at radius 2 is 1.75 bits per heavy atom. The van der Waals surface area contributed by atoms with Gasteiger partial charge in [0.05, 0.1) is 10.2 Å². The molecule has 8 heteroatoms. The van der Waals surface area contributed by atoms with Crippen molar-refractivity contribution >= 4 is 34.5 Å². The number of aromatic nitrogens is 5. The highest BCUT2D eigenvalue weighted by Crippen LogP contribution is 2.29. The lowest BCUT2D eigenvalue weighted by molar-refractivity contribution is 0.361. The number of hydrogen-bond donors (Lipinski definition) is 0. The van der Waals surface area contributed by atoms with E-state index in [9.17, 15) is 4.79 Å². The molecule has 0 bridgehead atoms. The Morgan fingerprint density at radius 1 is 0.975 bits per heavy atom. The summed E-state index contributed by atoms with van der Waals surface area (Å²) in [5.74, 6) is 1.28. The maximum Gasteiger partial charge on any atom is 0.291 e. The highest BCUT2D eigenvalue weighted by molar-refractivity contribution is 7.15. The summed E-state index contributed by atoms with van der Waals surface area (Å²) in [6.45, 7) is 6.15. The van der Waals surface area contributed by atoms with E-state index in [0.29, 0.717) is 21.9 Å². The van der Waals surface area contributed by atoms with Crippen LogP contribution in [0.5, 0.6) is 5.75 Å². The van der Waals surface area contributed by atoms with Crippen LogP contribution in [0.3, 0.4) is 0 Å². The molecule has 0 unspecified atom stereocenters. The Hall–Kier alpha value is -5.08. The molecule has 0 aliphatic carbocycles. The van der Waals surface area contributed by atoms with Crippen LogP contribution in [-0.2, 0) is 0 Å². The van der Waals surface area contributed by atoms with Crippen molar-refractivity contribution in [2.45, 2.75) is 6.92 Å². The van der Waals surface area contributed by atoms with Gasteiger partial charge in [-0.1, -0.05) is 78.6 Å². The van der Waals surface area contributed by atoms with Crippen LogP contribution in [0.15, 0.2) is 103 Å². The van der Waals surface area contributed by atoms with Crippen LogP contribution in [-0.4, -0.2) is 31.0 Å². The minimum Gasteiger partial charge on any atom is -0.489 e. The lowest BCUT2D eigenvalue weighted by atomic mass is 10.0. The highest BCUT2D eigenvalue weighted by Gasteiger charge is 2.15. The predicted octanol–water partition coefficient (Wildman–Crippen LogP) is 5.60. The van der Waals surface area contributed by atoms with Crippen LogP contribution in [0, 0.1) is 6.92 Å². The number of rotatable bonds is 8. The summed E-state index contributed by atoms with van der Waals surface area (Å²) in [7, 11) is 0. The van der Waals surface area contributed by atoms with Gasteiger partial charge in [0, 0.05) is 17.3 Å². The standard InChI is InChI=1S/C32H25N5O2S/c1-3-18-39-27-16-15-24(19-22(27)2)30-25(21-36(35-30)26-12-8-5-9-13-26)20-28-31(38)37-32(40-28)33-29(34-37)17-14-23-10-6-4-7-11-23/h3-17,19-21H,1,18H2,2H3/b17-14+,28-20-. The molecule has 0 amide bonds. The second-order valence-electron chi connectivity index (χ2n) is 9.12. The maximum absolute atomic E-state index is 13.3. The topological polar surface area (TPSA) is 74.3 Å². The monoisotopic (exact) mass is 543 g/mol. The van der Waals surface area contributed by atoms with Crippen molar-refractivity contribution in [3.05, 3.63) is 135 Å². The molecule has 0 atom stereocenters. The van der Waals surface area contributed by atoms with E-state index in [1.165, 1.54) is 15.9 Å². The highest BCUT2D eigenvalue weighted by atomic mass is 32.1. The van der Waals surface area contributed by atoms with Gasteiger partial charge in [-0.3, -0.25) is 4.79 Å². The molecular formula is C32H25N5O2S. The number of thiazole rings is 1. The SMILES string of the molecule is C=CCOc1ccc(-c2nn(-c3ccccc3)cc2/C=c2\sc3nc(/C=C/c4ccccc4)nn3c2=O)cc1C. The number of nitrogens with zero attached hydrogens (tertiary/aromatic N) is 5. The third kappa shape index (κ3) is 5.12. The van der Waals surface area contributed by atoms with Crippen LogP contribution >= 0.6 is 11.3 Å². The van der Waals surface area contributed by atoms with Gasteiger partial charge in [-0.05, 0) is 60.5 Å². The molecule has 0 aliphatic rings. The Bertz CT molecular complexity index is 1950. The molecule has 0 saturated carbocycles. The second kappa shape index (κ2) is 11.0. The zero-order valence-electron chi connectivity index (χ0n) is 21.8. The second-order valence-corrected chi connectivity index (χ2v) is 10.1. The number of hydrogen-bond acceptors (Lipinski definition) is 6. The summed E-state index contributed by atoms with van der Waals surface area (Å²) in [6.07, 6.45) is 9.26. The van der Waals surface area contributed by atoms with Gasteiger partial charge in [-0.2, -0.15) is 14.6 Å². The molecule has 196 valence electrons. The Labute approximate surface area is 234 Å². The van der Waals surface area contributed by atoms with Gasteiger partial charge in [0.15, 0.2) is 5.82 Å². The molecule has 3 aromatic heterocycles. The van der Waals surface area contributed by atoms with Crippen molar-refractivity contribution in [1.29, 1.82) is 0 Å². The number of aryl methyl sites for hydroxylation is 1. The molecule has 3 heterocycles. The van der Waals surface area contributed by atoms with Crippen molar-refractivity contribution in [3.8, 4) is 22.7 Å². The van der Waals surface area contributed by atoms with Crippen LogP contribution in [0.25, 0.3) is 40.1 Å². The third-order valence-corrected chi connectivity index (χ3v) is 7.24. The van der Waals surface area contributed by atoms with Gasteiger partial charge < -0.3 is 4.74 Å². The molecule has 0 spiro atoms. The largest absolute Gasteiger partial charge is 0.489 e. The smallest absolute Gasteiger partial charge is 0.291 e. The molecule has 3 aromatic carbocycles. The number of fused-ring (bicyclic) bond motifs is 1. The molecule has 40 heavy (non-hydrogen) atoms. The van der Waals surface area contributed by atoms with Crippen molar-refractivity contribution in [2.75, 3.05) is 6.61 Å². The fourth-order valence-corrected chi connectivity index (χ4v) is 5.24. The van der Waals surface area contributed by atoms with Crippen molar-refractivity contribution in [1.82, 2.24) is 24.4 Å². The van der Waals surface area contributed by atoms with Crippen LogP contribution in [0.2, 0.25) is 0 Å². The van der Waals surface area contributed by atoms with Crippen molar-refractivity contribution < 1.29 is 4.74 Å². The van der Waals surface area contributed by atoms with Gasteiger partial charge in [0.2, 0.25) is 4.96 Å². The molecule has 0 saturated heterocycles. The molecule has 6 aromatic rings. The first-order valence-corrected chi connectivity index (χ1v) is 13.5. The zero-order chi connectivity index (χ0) is 27.5. The fraction of sp³-hybridized carbons (Fsp3) is 0.0625. The van der Waals surface area contributed by atoms with Crippen LogP contribution in [0.4, 0.5) is 0 Å². The summed E-state index contributed by atoms with van der Waals surface area (Å²) < 4.78 is 9.48. The Morgan fingerprint density at radius 3 is 2.48 bits per heavy atom. The number of benzene rings is 3. The Kier molecular flexibility index (Phi) is 6.91. The summed E-state index contributed by atoms with van der Waals surface area (Å²) >= 11 is 1.31. The first-order valence-electron chi connectivity index (χ1n) is 12.7. The predicted molar refractivity (Wildman–Crippen MR) is 161 cm³/mol. The van der Waals surface area contributed by atoms with Crippen molar-refractivity contribution in [2.24, 2.45) is 0 Å². The first-order chi connectivity index (χ1) is 19.6.